The summed E-state index contributed by atoms with van der Waals surface area (Å²) >= 11 is 0. The minimum Gasteiger partial charge on any atom is -0.466 e. The lowest BCUT2D eigenvalue weighted by atomic mass is 9.88. The van der Waals surface area contributed by atoms with Gasteiger partial charge in [-0.25, -0.2) is 4.79 Å². The number of esters is 1. The number of hydrogen-bond donors (Lipinski definition) is 0. The van der Waals surface area contributed by atoms with Gasteiger partial charge >= 0.3 is 12.1 Å². The van der Waals surface area contributed by atoms with Gasteiger partial charge in [0.25, 0.3) is 0 Å². The summed E-state index contributed by atoms with van der Waals surface area (Å²) < 4.78 is 15.9. The van der Waals surface area contributed by atoms with Crippen molar-refractivity contribution in [1.82, 2.24) is 4.90 Å². The van der Waals surface area contributed by atoms with Gasteiger partial charge in [-0.15, -0.1) is 0 Å². The minimum absolute atomic E-state index is 0.213. The standard InChI is InChI=1S/C18H25NO5/c1-3-23-16(20)13-18(22-2)9-11-19(12-10-18)17(21)24-14-15-7-5-4-6-8-15/h4-8H,3,9-14H2,1-2H3. The Bertz CT molecular complexity index is 538. The SMILES string of the molecule is CCOC(=O)CC1(OC)CCN(C(=O)OCc2ccccc2)CC1. The molecule has 6 heteroatoms. The van der Waals surface area contributed by atoms with Crippen molar-refractivity contribution in [3.63, 3.8) is 0 Å². The second-order valence-corrected chi connectivity index (χ2v) is 5.90. The van der Waals surface area contributed by atoms with Crippen LogP contribution in [0.2, 0.25) is 0 Å². The Labute approximate surface area is 142 Å². The highest BCUT2D eigenvalue weighted by Gasteiger charge is 2.38. The van der Waals surface area contributed by atoms with Crippen molar-refractivity contribution in [3.05, 3.63) is 35.9 Å². The Kier molecular flexibility index (Phi) is 6.61. The number of rotatable bonds is 6. The van der Waals surface area contributed by atoms with Crippen LogP contribution in [0.3, 0.4) is 0 Å². The van der Waals surface area contributed by atoms with Crippen LogP contribution < -0.4 is 0 Å². The van der Waals surface area contributed by atoms with E-state index in [9.17, 15) is 9.59 Å². The molecule has 0 aliphatic carbocycles. The predicted molar refractivity (Wildman–Crippen MR) is 88.4 cm³/mol. The molecule has 132 valence electrons. The van der Waals surface area contributed by atoms with Crippen LogP contribution in [-0.2, 0) is 25.6 Å². The highest BCUT2D eigenvalue weighted by atomic mass is 16.6. The van der Waals surface area contributed by atoms with E-state index in [1.54, 1.807) is 18.9 Å². The zero-order valence-corrected chi connectivity index (χ0v) is 14.3. The smallest absolute Gasteiger partial charge is 0.410 e. The summed E-state index contributed by atoms with van der Waals surface area (Å²) in [6.07, 6.45) is 1.05. The Morgan fingerprint density at radius 1 is 1.12 bits per heavy atom. The Balaban J connectivity index is 1.82. The van der Waals surface area contributed by atoms with E-state index in [0.29, 0.717) is 32.5 Å². The Hall–Kier alpha value is -2.08. The number of hydrogen-bond acceptors (Lipinski definition) is 5. The second kappa shape index (κ2) is 8.68. The van der Waals surface area contributed by atoms with E-state index in [-0.39, 0.29) is 25.1 Å². The first-order valence-electron chi connectivity index (χ1n) is 8.25. The van der Waals surface area contributed by atoms with E-state index < -0.39 is 5.60 Å². The Morgan fingerprint density at radius 2 is 1.79 bits per heavy atom. The van der Waals surface area contributed by atoms with Gasteiger partial charge in [-0.3, -0.25) is 4.79 Å². The summed E-state index contributed by atoms with van der Waals surface area (Å²) in [7, 11) is 1.60. The molecule has 2 rings (SSSR count). The van der Waals surface area contributed by atoms with Gasteiger partial charge in [-0.2, -0.15) is 0 Å². The van der Waals surface area contributed by atoms with Crippen LogP contribution in [0.1, 0.15) is 31.7 Å². The highest BCUT2D eigenvalue weighted by molar-refractivity contribution is 5.71. The van der Waals surface area contributed by atoms with Crippen LogP contribution >= 0.6 is 0 Å². The number of carbonyl (C=O) groups is 2. The van der Waals surface area contributed by atoms with Gasteiger partial charge in [-0.1, -0.05) is 30.3 Å². The molecule has 1 aliphatic rings. The molecule has 1 heterocycles. The molecule has 1 aromatic rings. The zero-order chi connectivity index (χ0) is 17.4. The van der Waals surface area contributed by atoms with Crippen molar-refractivity contribution in [1.29, 1.82) is 0 Å². The molecule has 0 spiro atoms. The molecule has 0 saturated carbocycles. The average Bonchev–Trinajstić information content (AvgIpc) is 2.61. The summed E-state index contributed by atoms with van der Waals surface area (Å²) in [5.74, 6) is -0.264. The van der Waals surface area contributed by atoms with Gasteiger partial charge in [0.15, 0.2) is 0 Å². The first-order valence-corrected chi connectivity index (χ1v) is 8.25. The van der Waals surface area contributed by atoms with Crippen LogP contribution in [0, 0.1) is 0 Å². The van der Waals surface area contributed by atoms with Crippen LogP contribution in [0.25, 0.3) is 0 Å². The lowest BCUT2D eigenvalue weighted by Crippen LogP contribution is -2.48. The number of amides is 1. The first-order chi connectivity index (χ1) is 11.6. The number of piperidine rings is 1. The summed E-state index contributed by atoms with van der Waals surface area (Å²) in [5.41, 5.74) is 0.402. The third kappa shape index (κ3) is 4.96. The maximum Gasteiger partial charge on any atom is 0.410 e. The summed E-state index contributed by atoms with van der Waals surface area (Å²) in [5, 5.41) is 0. The number of ether oxygens (including phenoxy) is 3. The third-order valence-corrected chi connectivity index (χ3v) is 4.34. The van der Waals surface area contributed by atoms with E-state index in [1.165, 1.54) is 0 Å². The molecule has 0 N–H and O–H groups in total. The maximum atomic E-state index is 12.2. The van der Waals surface area contributed by atoms with Gasteiger partial charge in [0.05, 0.1) is 18.6 Å². The molecule has 6 nitrogen and oxygen atoms in total. The van der Waals surface area contributed by atoms with Crippen LogP contribution in [0.4, 0.5) is 4.79 Å². The average molecular weight is 335 g/mol. The zero-order valence-electron chi connectivity index (χ0n) is 14.3. The molecule has 1 saturated heterocycles. The van der Waals surface area contributed by atoms with Crippen molar-refractivity contribution in [3.8, 4) is 0 Å². The molecule has 0 bridgehead atoms. The predicted octanol–water partition coefficient (Wildman–Crippen LogP) is 2.76. The normalized spacial score (nSPS) is 16.5. The van der Waals surface area contributed by atoms with E-state index in [1.807, 2.05) is 30.3 Å². The minimum atomic E-state index is -0.553. The van der Waals surface area contributed by atoms with E-state index in [0.717, 1.165) is 5.56 Å². The molecule has 1 amide bonds. The molecule has 0 radical (unpaired) electrons. The number of methoxy groups -OCH3 is 1. The molecular formula is C18H25NO5. The van der Waals surface area contributed by atoms with E-state index in [4.69, 9.17) is 14.2 Å². The highest BCUT2D eigenvalue weighted by Crippen LogP contribution is 2.30. The number of likely N-dealkylation sites (tertiary alicyclic amines) is 1. The summed E-state index contributed by atoms with van der Waals surface area (Å²) in [4.78, 5) is 25.6. The number of nitrogens with zero attached hydrogens (tertiary/aromatic N) is 1. The van der Waals surface area contributed by atoms with Crippen LogP contribution in [0.5, 0.6) is 0 Å². The monoisotopic (exact) mass is 335 g/mol. The number of benzene rings is 1. The molecule has 0 atom stereocenters. The molecule has 24 heavy (non-hydrogen) atoms. The number of carbonyl (C=O) groups excluding carboxylic acids is 2. The molecule has 0 aromatic heterocycles. The Morgan fingerprint density at radius 3 is 2.38 bits per heavy atom. The van der Waals surface area contributed by atoms with Crippen molar-refractivity contribution >= 4 is 12.1 Å². The largest absolute Gasteiger partial charge is 0.466 e. The van der Waals surface area contributed by atoms with Crippen molar-refractivity contribution in [2.75, 3.05) is 26.8 Å². The second-order valence-electron chi connectivity index (χ2n) is 5.90. The van der Waals surface area contributed by atoms with E-state index in [2.05, 4.69) is 0 Å². The maximum absolute atomic E-state index is 12.2. The topological polar surface area (TPSA) is 65.1 Å². The van der Waals surface area contributed by atoms with Gasteiger partial charge in [0.1, 0.15) is 6.61 Å². The summed E-state index contributed by atoms with van der Waals surface area (Å²) in [6, 6.07) is 9.57. The lowest BCUT2D eigenvalue weighted by molar-refractivity contribution is -0.152. The lowest BCUT2D eigenvalue weighted by Gasteiger charge is -2.39. The molecule has 1 aliphatic heterocycles. The molecular weight excluding hydrogens is 310 g/mol. The molecule has 1 aromatic carbocycles. The van der Waals surface area contributed by atoms with Crippen molar-refractivity contribution < 1.29 is 23.8 Å². The van der Waals surface area contributed by atoms with Gasteiger partial charge < -0.3 is 19.1 Å². The summed E-state index contributed by atoms with van der Waals surface area (Å²) in [6.45, 7) is 3.40. The fraction of sp³-hybridized carbons (Fsp3) is 0.556. The molecule has 1 fully saturated rings. The quantitative estimate of drug-likeness (QED) is 0.748. The van der Waals surface area contributed by atoms with Crippen LogP contribution in [-0.4, -0.2) is 49.4 Å². The molecule has 0 unspecified atom stereocenters. The van der Waals surface area contributed by atoms with Gasteiger partial charge in [0, 0.05) is 20.2 Å². The first kappa shape index (κ1) is 18.3. The third-order valence-electron chi connectivity index (χ3n) is 4.34. The van der Waals surface area contributed by atoms with Gasteiger partial charge in [0.2, 0.25) is 0 Å². The van der Waals surface area contributed by atoms with Crippen LogP contribution in [0.15, 0.2) is 30.3 Å². The fourth-order valence-electron chi connectivity index (χ4n) is 2.84. The van der Waals surface area contributed by atoms with Gasteiger partial charge in [-0.05, 0) is 25.3 Å². The van der Waals surface area contributed by atoms with Crippen molar-refractivity contribution in [2.45, 2.75) is 38.4 Å². The fourth-order valence-corrected chi connectivity index (χ4v) is 2.84. The van der Waals surface area contributed by atoms with Crippen molar-refractivity contribution in [2.24, 2.45) is 0 Å². The van der Waals surface area contributed by atoms with E-state index >= 15 is 0 Å².